The molecule has 7 heteroatoms. The van der Waals surface area contributed by atoms with Crippen molar-refractivity contribution in [3.05, 3.63) is 76.6 Å². The van der Waals surface area contributed by atoms with E-state index in [0.29, 0.717) is 18.0 Å². The number of aryl methyl sites for hydroxylation is 2. The Balaban J connectivity index is 1.33. The van der Waals surface area contributed by atoms with Crippen LogP contribution >= 0.6 is 11.3 Å². The normalized spacial score (nSPS) is 10.9. The van der Waals surface area contributed by atoms with Crippen LogP contribution in [0.2, 0.25) is 0 Å². The van der Waals surface area contributed by atoms with Crippen LogP contribution in [0.3, 0.4) is 0 Å². The van der Waals surface area contributed by atoms with Crippen LogP contribution in [0.25, 0.3) is 10.2 Å². The number of hydrogen-bond donors (Lipinski definition) is 1. The van der Waals surface area contributed by atoms with Gasteiger partial charge in [0.05, 0.1) is 16.3 Å². The number of hydrogen-bond acceptors (Lipinski definition) is 5. The predicted molar refractivity (Wildman–Crippen MR) is 110 cm³/mol. The van der Waals surface area contributed by atoms with Gasteiger partial charge in [-0.05, 0) is 42.8 Å². The number of fused-ring (bicyclic) bond motifs is 1. The van der Waals surface area contributed by atoms with Gasteiger partial charge in [-0.15, -0.1) is 11.3 Å². The summed E-state index contributed by atoms with van der Waals surface area (Å²) in [5.41, 5.74) is 2.83. The Labute approximate surface area is 166 Å². The molecule has 3 heterocycles. The van der Waals surface area contributed by atoms with Crippen LogP contribution in [0.4, 0.5) is 0 Å². The van der Waals surface area contributed by atoms with E-state index in [4.69, 9.17) is 4.74 Å². The Kier molecular flexibility index (Phi) is 5.08. The molecule has 0 aliphatic carbocycles. The Morgan fingerprint density at radius 2 is 2.04 bits per heavy atom. The van der Waals surface area contributed by atoms with E-state index in [1.165, 1.54) is 11.3 Å². The second-order valence-corrected chi connectivity index (χ2v) is 7.51. The number of amides is 1. The van der Waals surface area contributed by atoms with E-state index in [0.717, 1.165) is 32.9 Å². The number of pyridine rings is 1. The van der Waals surface area contributed by atoms with Gasteiger partial charge >= 0.3 is 0 Å². The number of carbonyl (C=O) groups is 1. The van der Waals surface area contributed by atoms with Gasteiger partial charge in [0.2, 0.25) is 0 Å². The molecule has 0 saturated heterocycles. The summed E-state index contributed by atoms with van der Waals surface area (Å²) >= 11 is 1.46. The van der Waals surface area contributed by atoms with Gasteiger partial charge in [-0.2, -0.15) is 5.10 Å². The predicted octanol–water partition coefficient (Wildman–Crippen LogP) is 3.85. The van der Waals surface area contributed by atoms with Crippen LogP contribution in [-0.2, 0) is 20.2 Å². The van der Waals surface area contributed by atoms with E-state index in [1.54, 1.807) is 6.20 Å². The van der Waals surface area contributed by atoms with Crippen molar-refractivity contribution in [2.24, 2.45) is 7.05 Å². The standard InChI is InChI=1S/C21H20N4O2S/c1-14-18-11-19(28-21(18)25(2)24-14)20(26)23-12-15-6-8-17(9-7-15)27-13-16-5-3-4-10-22-16/h3-11H,12-13H2,1-2H3,(H,23,26). The summed E-state index contributed by atoms with van der Waals surface area (Å²) in [6, 6.07) is 15.4. The average Bonchev–Trinajstić information content (AvgIpc) is 3.28. The van der Waals surface area contributed by atoms with Gasteiger partial charge in [0, 0.05) is 25.2 Å². The van der Waals surface area contributed by atoms with Gasteiger partial charge < -0.3 is 10.1 Å². The fourth-order valence-electron chi connectivity index (χ4n) is 2.93. The van der Waals surface area contributed by atoms with Gasteiger partial charge in [-0.1, -0.05) is 18.2 Å². The highest BCUT2D eigenvalue weighted by Gasteiger charge is 2.14. The van der Waals surface area contributed by atoms with Crippen LogP contribution in [0.5, 0.6) is 5.75 Å². The minimum Gasteiger partial charge on any atom is -0.487 e. The SMILES string of the molecule is Cc1nn(C)c2sc(C(=O)NCc3ccc(OCc4ccccn4)cc3)cc12. The van der Waals surface area contributed by atoms with Crippen molar-refractivity contribution in [1.82, 2.24) is 20.1 Å². The first-order chi connectivity index (χ1) is 13.6. The fourth-order valence-corrected chi connectivity index (χ4v) is 3.97. The molecule has 0 aliphatic rings. The smallest absolute Gasteiger partial charge is 0.261 e. The van der Waals surface area contributed by atoms with Crippen molar-refractivity contribution >= 4 is 27.5 Å². The monoisotopic (exact) mass is 392 g/mol. The quantitative estimate of drug-likeness (QED) is 0.541. The number of aromatic nitrogens is 3. The second kappa shape index (κ2) is 7.82. The number of ether oxygens (including phenoxy) is 1. The number of rotatable bonds is 6. The first-order valence-electron chi connectivity index (χ1n) is 8.93. The minimum absolute atomic E-state index is 0.0731. The molecule has 0 radical (unpaired) electrons. The van der Waals surface area contributed by atoms with Crippen molar-refractivity contribution in [3.8, 4) is 5.75 Å². The molecule has 4 rings (SSSR count). The molecule has 1 N–H and O–H groups in total. The van der Waals surface area contributed by atoms with Gasteiger partial charge in [-0.25, -0.2) is 0 Å². The molecule has 0 aliphatic heterocycles. The number of carbonyl (C=O) groups excluding carboxylic acids is 1. The summed E-state index contributed by atoms with van der Waals surface area (Å²) in [6.07, 6.45) is 1.75. The van der Waals surface area contributed by atoms with Gasteiger partial charge in [0.15, 0.2) is 0 Å². The molecular formula is C21H20N4O2S. The molecule has 0 saturated carbocycles. The topological polar surface area (TPSA) is 69.0 Å². The van der Waals surface area contributed by atoms with Crippen LogP contribution in [-0.4, -0.2) is 20.7 Å². The van der Waals surface area contributed by atoms with Crippen molar-refractivity contribution in [2.45, 2.75) is 20.1 Å². The Morgan fingerprint density at radius 1 is 1.21 bits per heavy atom. The maximum Gasteiger partial charge on any atom is 0.261 e. The van der Waals surface area contributed by atoms with E-state index in [-0.39, 0.29) is 5.91 Å². The largest absolute Gasteiger partial charge is 0.487 e. The lowest BCUT2D eigenvalue weighted by atomic mass is 10.2. The van der Waals surface area contributed by atoms with Crippen molar-refractivity contribution in [2.75, 3.05) is 0 Å². The van der Waals surface area contributed by atoms with Crippen LogP contribution < -0.4 is 10.1 Å². The van der Waals surface area contributed by atoms with Crippen molar-refractivity contribution in [1.29, 1.82) is 0 Å². The molecule has 0 spiro atoms. The Morgan fingerprint density at radius 3 is 2.75 bits per heavy atom. The summed E-state index contributed by atoms with van der Waals surface area (Å²) in [7, 11) is 1.89. The highest BCUT2D eigenvalue weighted by molar-refractivity contribution is 7.20. The fraction of sp³-hybridized carbons (Fsp3) is 0.190. The third kappa shape index (κ3) is 3.89. The molecule has 3 aromatic heterocycles. The maximum absolute atomic E-state index is 12.5. The summed E-state index contributed by atoms with van der Waals surface area (Å²) in [5.74, 6) is 0.698. The highest BCUT2D eigenvalue weighted by Crippen LogP contribution is 2.27. The average molecular weight is 392 g/mol. The van der Waals surface area contributed by atoms with E-state index in [1.807, 2.05) is 67.2 Å². The zero-order chi connectivity index (χ0) is 19.5. The Hall–Kier alpha value is -3.19. The summed E-state index contributed by atoms with van der Waals surface area (Å²) < 4.78 is 7.55. The molecule has 28 heavy (non-hydrogen) atoms. The third-order valence-electron chi connectivity index (χ3n) is 4.41. The molecule has 1 amide bonds. The summed E-state index contributed by atoms with van der Waals surface area (Å²) in [5, 5.41) is 8.37. The molecule has 4 aromatic rings. The number of nitrogens with one attached hydrogen (secondary N) is 1. The lowest BCUT2D eigenvalue weighted by molar-refractivity contribution is 0.0955. The maximum atomic E-state index is 12.5. The molecule has 0 fully saturated rings. The van der Waals surface area contributed by atoms with Crippen LogP contribution in [0, 0.1) is 6.92 Å². The molecular weight excluding hydrogens is 372 g/mol. The molecule has 142 valence electrons. The van der Waals surface area contributed by atoms with Crippen LogP contribution in [0.1, 0.15) is 26.6 Å². The van der Waals surface area contributed by atoms with Gasteiger partial charge in [-0.3, -0.25) is 14.5 Å². The first-order valence-corrected chi connectivity index (χ1v) is 9.75. The lowest BCUT2D eigenvalue weighted by Crippen LogP contribution is -2.21. The van der Waals surface area contributed by atoms with Crippen LogP contribution in [0.15, 0.2) is 54.7 Å². The number of nitrogens with zero attached hydrogens (tertiary/aromatic N) is 3. The minimum atomic E-state index is -0.0731. The first kappa shape index (κ1) is 18.2. The number of thiophene rings is 1. The van der Waals surface area contributed by atoms with E-state index >= 15 is 0 Å². The molecule has 6 nitrogen and oxygen atoms in total. The van der Waals surface area contributed by atoms with Gasteiger partial charge in [0.1, 0.15) is 17.2 Å². The van der Waals surface area contributed by atoms with E-state index < -0.39 is 0 Å². The second-order valence-electron chi connectivity index (χ2n) is 6.47. The van der Waals surface area contributed by atoms with Crippen molar-refractivity contribution < 1.29 is 9.53 Å². The third-order valence-corrected chi connectivity index (χ3v) is 5.61. The highest BCUT2D eigenvalue weighted by atomic mass is 32.1. The van der Waals surface area contributed by atoms with E-state index in [2.05, 4.69) is 15.4 Å². The summed E-state index contributed by atoms with van der Waals surface area (Å²) in [6.45, 7) is 2.84. The molecule has 0 bridgehead atoms. The van der Waals surface area contributed by atoms with Crippen molar-refractivity contribution in [3.63, 3.8) is 0 Å². The number of benzene rings is 1. The van der Waals surface area contributed by atoms with Gasteiger partial charge in [0.25, 0.3) is 5.91 Å². The molecule has 1 aromatic carbocycles. The zero-order valence-electron chi connectivity index (χ0n) is 15.7. The molecule has 0 unspecified atom stereocenters. The molecule has 0 atom stereocenters. The lowest BCUT2D eigenvalue weighted by Gasteiger charge is -2.07. The zero-order valence-corrected chi connectivity index (χ0v) is 16.5. The van der Waals surface area contributed by atoms with E-state index in [9.17, 15) is 4.79 Å². The Bertz CT molecular complexity index is 1070. The summed E-state index contributed by atoms with van der Waals surface area (Å²) in [4.78, 5) is 18.4.